The van der Waals surface area contributed by atoms with Crippen molar-refractivity contribution in [3.8, 4) is 5.75 Å². The summed E-state index contributed by atoms with van der Waals surface area (Å²) >= 11 is 5.97. The van der Waals surface area contributed by atoms with Gasteiger partial charge < -0.3 is 14.4 Å². The molecule has 0 saturated heterocycles. The van der Waals surface area contributed by atoms with E-state index in [4.69, 9.17) is 21.1 Å². The van der Waals surface area contributed by atoms with Crippen molar-refractivity contribution < 1.29 is 14.3 Å². The van der Waals surface area contributed by atoms with Crippen molar-refractivity contribution in [2.75, 3.05) is 18.6 Å². The number of carbonyl (C=O) groups excluding carboxylic acids is 1. The fourth-order valence-corrected chi connectivity index (χ4v) is 2.70. The molecule has 0 bridgehead atoms. The van der Waals surface area contributed by atoms with Crippen LogP contribution < -0.4 is 9.64 Å². The van der Waals surface area contributed by atoms with Crippen LogP contribution in [0, 0.1) is 0 Å². The summed E-state index contributed by atoms with van der Waals surface area (Å²) < 4.78 is 10.8. The van der Waals surface area contributed by atoms with Crippen LogP contribution in [0.1, 0.15) is 20.8 Å². The molecule has 8 heteroatoms. The average molecular weight is 401 g/mol. The van der Waals surface area contributed by atoms with Crippen LogP contribution in [-0.4, -0.2) is 40.4 Å². The number of hydrogen-bond donors (Lipinski definition) is 0. The van der Waals surface area contributed by atoms with E-state index >= 15 is 0 Å². The molecule has 3 aromatic rings. The fraction of sp³-hybridized carbons (Fsp3) is 0.300. The topological polar surface area (TPSA) is 77.4 Å². The maximum Gasteiger partial charge on any atom is 0.349 e. The molecule has 0 aliphatic rings. The maximum absolute atomic E-state index is 12.0. The summed E-state index contributed by atoms with van der Waals surface area (Å²) in [5.41, 5.74) is 1.11. The van der Waals surface area contributed by atoms with Gasteiger partial charge in [-0.3, -0.25) is 0 Å². The van der Waals surface area contributed by atoms with E-state index in [0.717, 1.165) is 5.69 Å². The maximum atomic E-state index is 12.0. The third kappa shape index (κ3) is 4.31. The number of halogens is 1. The molecule has 0 aliphatic heterocycles. The molecular formula is C20H21ClN4O3. The molecule has 0 radical (unpaired) electrons. The fourth-order valence-electron chi connectivity index (χ4n) is 2.54. The number of benzene rings is 2. The van der Waals surface area contributed by atoms with Crippen LogP contribution in [-0.2, 0) is 9.53 Å². The molecule has 0 unspecified atom stereocenters. The highest BCUT2D eigenvalue weighted by molar-refractivity contribution is 6.31. The van der Waals surface area contributed by atoms with Crippen LogP contribution in [0.15, 0.2) is 42.5 Å². The summed E-state index contributed by atoms with van der Waals surface area (Å²) in [7, 11) is 1.84. The van der Waals surface area contributed by atoms with Crippen molar-refractivity contribution in [1.29, 1.82) is 0 Å². The standard InChI is InChI=1S/C20H21ClN4O3/c1-5-27-18(26)20(2,3)28-15-9-7-14(8-10-15)25(4)19-22-16-11-6-13(21)12-17(16)23-24-19/h6-12H,5H2,1-4H3. The van der Waals surface area contributed by atoms with Gasteiger partial charge in [0.15, 0.2) is 5.60 Å². The Bertz CT molecular complexity index is 992. The zero-order valence-electron chi connectivity index (χ0n) is 16.1. The molecule has 0 saturated carbocycles. The van der Waals surface area contributed by atoms with E-state index in [0.29, 0.717) is 34.4 Å². The van der Waals surface area contributed by atoms with Crippen molar-refractivity contribution >= 4 is 40.2 Å². The van der Waals surface area contributed by atoms with Crippen molar-refractivity contribution in [3.05, 3.63) is 47.5 Å². The highest BCUT2D eigenvalue weighted by atomic mass is 35.5. The van der Waals surface area contributed by atoms with Gasteiger partial charge in [0.2, 0.25) is 5.95 Å². The van der Waals surface area contributed by atoms with Gasteiger partial charge in [-0.05, 0) is 63.2 Å². The predicted octanol–water partition coefficient (Wildman–Crippen LogP) is 4.17. The molecule has 0 spiro atoms. The van der Waals surface area contributed by atoms with Gasteiger partial charge in [-0.2, -0.15) is 0 Å². The first-order chi connectivity index (χ1) is 13.3. The van der Waals surface area contributed by atoms with E-state index in [1.165, 1.54) is 0 Å². The lowest BCUT2D eigenvalue weighted by molar-refractivity contribution is -0.158. The molecular weight excluding hydrogens is 380 g/mol. The lowest BCUT2D eigenvalue weighted by Crippen LogP contribution is -2.39. The Labute approximate surface area is 168 Å². The van der Waals surface area contributed by atoms with Crippen molar-refractivity contribution in [2.24, 2.45) is 0 Å². The van der Waals surface area contributed by atoms with Gasteiger partial charge in [0.05, 0.1) is 12.1 Å². The van der Waals surface area contributed by atoms with Crippen molar-refractivity contribution in [3.63, 3.8) is 0 Å². The van der Waals surface area contributed by atoms with Gasteiger partial charge in [-0.1, -0.05) is 11.6 Å². The van der Waals surface area contributed by atoms with Crippen LogP contribution in [0.25, 0.3) is 11.0 Å². The predicted molar refractivity (Wildman–Crippen MR) is 108 cm³/mol. The molecule has 0 atom stereocenters. The number of aromatic nitrogens is 3. The van der Waals surface area contributed by atoms with Gasteiger partial charge in [-0.25, -0.2) is 9.78 Å². The number of fused-ring (bicyclic) bond motifs is 1. The van der Waals surface area contributed by atoms with Gasteiger partial charge in [0.25, 0.3) is 0 Å². The summed E-state index contributed by atoms with van der Waals surface area (Å²) in [4.78, 5) is 18.3. The molecule has 0 aliphatic carbocycles. The van der Waals surface area contributed by atoms with Crippen molar-refractivity contribution in [2.45, 2.75) is 26.4 Å². The van der Waals surface area contributed by atoms with Gasteiger partial charge >= 0.3 is 5.97 Å². The molecule has 146 valence electrons. The number of rotatable bonds is 6. The van der Waals surface area contributed by atoms with Crippen LogP contribution >= 0.6 is 11.6 Å². The minimum Gasteiger partial charge on any atom is -0.476 e. The van der Waals surface area contributed by atoms with Crippen molar-refractivity contribution in [1.82, 2.24) is 15.2 Å². The Morgan fingerprint density at radius 3 is 2.50 bits per heavy atom. The van der Waals surface area contributed by atoms with Gasteiger partial charge in [0, 0.05) is 17.8 Å². The Morgan fingerprint density at radius 1 is 1.11 bits per heavy atom. The van der Waals surface area contributed by atoms with Crippen LogP contribution in [0.3, 0.4) is 0 Å². The Balaban J connectivity index is 1.77. The summed E-state index contributed by atoms with van der Waals surface area (Å²) in [6.07, 6.45) is 0. The molecule has 0 N–H and O–H groups in total. The van der Waals surface area contributed by atoms with Crippen LogP contribution in [0.4, 0.5) is 11.6 Å². The Morgan fingerprint density at radius 2 is 1.82 bits per heavy atom. The van der Waals surface area contributed by atoms with Crippen LogP contribution in [0.2, 0.25) is 5.02 Å². The van der Waals surface area contributed by atoms with Gasteiger partial charge in [-0.15, -0.1) is 10.2 Å². The van der Waals surface area contributed by atoms with E-state index in [2.05, 4.69) is 15.2 Å². The minimum absolute atomic E-state index is 0.307. The normalized spacial score (nSPS) is 11.3. The Hall–Kier alpha value is -2.93. The smallest absolute Gasteiger partial charge is 0.349 e. The minimum atomic E-state index is -1.07. The molecule has 0 fully saturated rings. The number of anilines is 2. The summed E-state index contributed by atoms with van der Waals surface area (Å²) in [5.74, 6) is 0.602. The number of esters is 1. The average Bonchev–Trinajstić information content (AvgIpc) is 2.67. The second-order valence-electron chi connectivity index (χ2n) is 6.63. The van der Waals surface area contributed by atoms with Crippen LogP contribution in [0.5, 0.6) is 5.75 Å². The first-order valence-electron chi connectivity index (χ1n) is 8.80. The number of nitrogens with zero attached hydrogens (tertiary/aromatic N) is 4. The first-order valence-corrected chi connectivity index (χ1v) is 9.18. The molecule has 1 heterocycles. The molecule has 7 nitrogen and oxygen atoms in total. The molecule has 2 aromatic carbocycles. The number of carbonyl (C=O) groups is 1. The molecule has 3 rings (SSSR count). The van der Waals surface area contributed by atoms with E-state index in [1.54, 1.807) is 56.0 Å². The molecule has 28 heavy (non-hydrogen) atoms. The second kappa shape index (κ2) is 7.98. The third-order valence-electron chi connectivity index (χ3n) is 4.07. The summed E-state index contributed by atoms with van der Waals surface area (Å²) in [6, 6.07) is 12.6. The lowest BCUT2D eigenvalue weighted by Gasteiger charge is -2.24. The first kappa shape index (κ1) is 19.8. The largest absolute Gasteiger partial charge is 0.476 e. The van der Waals surface area contributed by atoms with E-state index in [9.17, 15) is 4.79 Å². The SMILES string of the molecule is CCOC(=O)C(C)(C)Oc1ccc(N(C)c2nnc3cc(Cl)ccc3n2)cc1. The van der Waals surface area contributed by atoms with E-state index in [1.807, 2.05) is 19.2 Å². The highest BCUT2D eigenvalue weighted by Crippen LogP contribution is 2.26. The summed E-state index contributed by atoms with van der Waals surface area (Å²) in [6.45, 7) is 5.41. The van der Waals surface area contributed by atoms with E-state index < -0.39 is 11.6 Å². The summed E-state index contributed by atoms with van der Waals surface area (Å²) in [5, 5.41) is 8.93. The number of ether oxygens (including phenoxy) is 2. The quantitative estimate of drug-likeness (QED) is 0.574. The molecule has 1 aromatic heterocycles. The highest BCUT2D eigenvalue weighted by Gasteiger charge is 2.31. The van der Waals surface area contributed by atoms with E-state index in [-0.39, 0.29) is 0 Å². The third-order valence-corrected chi connectivity index (χ3v) is 4.30. The zero-order chi connectivity index (χ0) is 20.3. The monoisotopic (exact) mass is 400 g/mol. The molecule has 0 amide bonds. The van der Waals surface area contributed by atoms with Gasteiger partial charge in [0.1, 0.15) is 11.3 Å². The lowest BCUT2D eigenvalue weighted by atomic mass is 10.1. The zero-order valence-corrected chi connectivity index (χ0v) is 16.9. The Kier molecular flexibility index (Phi) is 5.65. The second-order valence-corrected chi connectivity index (χ2v) is 7.07. The number of hydrogen-bond acceptors (Lipinski definition) is 7.